The predicted octanol–water partition coefficient (Wildman–Crippen LogP) is 6.34. The summed E-state index contributed by atoms with van der Waals surface area (Å²) in [7, 11) is 0. The molecule has 7 heteroatoms. The van der Waals surface area contributed by atoms with Gasteiger partial charge in [0.25, 0.3) is 0 Å². The smallest absolute Gasteiger partial charge is 0.0747 e. The minimum atomic E-state index is 0.484. The summed E-state index contributed by atoms with van der Waals surface area (Å²) in [5.41, 5.74) is 7.67. The van der Waals surface area contributed by atoms with Crippen molar-refractivity contribution >= 4 is 80.4 Å². The molecule has 0 spiro atoms. The second kappa shape index (κ2) is 6.59. The molecule has 0 amide bonds. The lowest BCUT2D eigenvalue weighted by Gasteiger charge is -2.13. The van der Waals surface area contributed by atoms with Gasteiger partial charge in [-0.3, -0.25) is 5.43 Å². The molecule has 2 rings (SSSR count). The van der Waals surface area contributed by atoms with E-state index >= 15 is 0 Å². The summed E-state index contributed by atoms with van der Waals surface area (Å²) in [5, 5.41) is 2.03. The molecule has 0 aliphatic heterocycles. The Kier molecular flexibility index (Phi) is 5.31. The quantitative estimate of drug-likeness (QED) is 0.326. The Morgan fingerprint density at radius 2 is 1.47 bits per heavy atom. The van der Waals surface area contributed by atoms with Crippen molar-refractivity contribution in [2.75, 3.05) is 10.9 Å². The number of hydrogen-bond donors (Lipinski definition) is 2. The van der Waals surface area contributed by atoms with Crippen LogP contribution >= 0.6 is 69.0 Å². The Morgan fingerprint density at radius 1 is 0.789 bits per heavy atom. The zero-order chi connectivity index (χ0) is 14.0. The summed E-state index contributed by atoms with van der Waals surface area (Å²) in [4.78, 5) is 0. The fourth-order valence-corrected chi connectivity index (χ4v) is 2.72. The monoisotopic (exact) mass is 446 g/mol. The van der Waals surface area contributed by atoms with E-state index < -0.39 is 0 Å². The van der Waals surface area contributed by atoms with Gasteiger partial charge in [-0.2, -0.15) is 0 Å². The fraction of sp³-hybridized carbons (Fsp3) is 0. The van der Waals surface area contributed by atoms with Crippen LogP contribution in [0, 0.1) is 3.57 Å². The van der Waals surface area contributed by atoms with E-state index in [1.807, 2.05) is 12.1 Å². The van der Waals surface area contributed by atoms with Crippen molar-refractivity contribution in [1.29, 1.82) is 0 Å². The van der Waals surface area contributed by atoms with Crippen LogP contribution in [0.5, 0.6) is 0 Å². The Bertz CT molecular complexity index is 619. The average molecular weight is 448 g/mol. The molecule has 100 valence electrons. The van der Waals surface area contributed by atoms with E-state index in [9.17, 15) is 0 Å². The minimum Gasteiger partial charge on any atom is -0.301 e. The molecule has 0 heterocycles. The summed E-state index contributed by atoms with van der Waals surface area (Å²) in [6.45, 7) is 0. The van der Waals surface area contributed by atoms with Gasteiger partial charge in [0.2, 0.25) is 0 Å². The highest BCUT2D eigenvalue weighted by Gasteiger charge is 2.08. The third kappa shape index (κ3) is 3.73. The molecule has 2 N–H and O–H groups in total. The molecule has 0 bridgehead atoms. The number of benzene rings is 2. The molecule has 2 nitrogen and oxygen atoms in total. The Balaban J connectivity index is 2.14. The van der Waals surface area contributed by atoms with Crippen molar-refractivity contribution in [3.8, 4) is 0 Å². The van der Waals surface area contributed by atoms with Gasteiger partial charge < -0.3 is 5.43 Å². The molecule has 0 unspecified atom stereocenters. The third-order valence-electron chi connectivity index (χ3n) is 2.30. The molecule has 0 fully saturated rings. The van der Waals surface area contributed by atoms with Gasteiger partial charge in [-0.25, -0.2) is 0 Å². The lowest BCUT2D eigenvalue weighted by Crippen LogP contribution is -2.09. The van der Waals surface area contributed by atoms with Gasteiger partial charge in [0.1, 0.15) is 0 Å². The van der Waals surface area contributed by atoms with Gasteiger partial charge in [0, 0.05) is 0 Å². The summed E-state index contributed by atoms with van der Waals surface area (Å²) in [6.07, 6.45) is 0. The lowest BCUT2D eigenvalue weighted by atomic mass is 10.3. The van der Waals surface area contributed by atoms with Crippen LogP contribution in [0.15, 0.2) is 30.3 Å². The van der Waals surface area contributed by atoms with Crippen molar-refractivity contribution in [2.24, 2.45) is 0 Å². The van der Waals surface area contributed by atoms with Crippen LogP contribution in [0.1, 0.15) is 0 Å². The van der Waals surface area contributed by atoms with Crippen LogP contribution in [0.4, 0.5) is 11.4 Å². The number of rotatable bonds is 3. The van der Waals surface area contributed by atoms with Crippen molar-refractivity contribution in [3.63, 3.8) is 0 Å². The zero-order valence-electron chi connectivity index (χ0n) is 9.28. The van der Waals surface area contributed by atoms with Crippen LogP contribution in [0.3, 0.4) is 0 Å². The first-order valence-corrected chi connectivity index (χ1v) is 7.68. The first-order valence-electron chi connectivity index (χ1n) is 5.09. The maximum Gasteiger partial charge on any atom is 0.0747 e. The first kappa shape index (κ1) is 15.3. The van der Waals surface area contributed by atoms with E-state index in [2.05, 4.69) is 33.4 Å². The van der Waals surface area contributed by atoms with Crippen molar-refractivity contribution < 1.29 is 0 Å². The van der Waals surface area contributed by atoms with Gasteiger partial charge in [-0.1, -0.05) is 46.4 Å². The van der Waals surface area contributed by atoms with E-state index in [-0.39, 0.29) is 0 Å². The van der Waals surface area contributed by atoms with Gasteiger partial charge in [-0.15, -0.1) is 0 Å². The largest absolute Gasteiger partial charge is 0.301 e. The van der Waals surface area contributed by atoms with Gasteiger partial charge in [0.05, 0.1) is 35.0 Å². The highest BCUT2D eigenvalue weighted by molar-refractivity contribution is 14.1. The molecular weight excluding hydrogens is 441 g/mol. The fourth-order valence-electron chi connectivity index (χ4n) is 1.34. The van der Waals surface area contributed by atoms with Crippen molar-refractivity contribution in [2.45, 2.75) is 0 Å². The summed E-state index contributed by atoms with van der Waals surface area (Å²) in [6, 6.07) is 8.81. The second-order valence-corrected chi connectivity index (χ2v) is 6.28. The number of hydrogen-bond acceptors (Lipinski definition) is 2. The maximum absolute atomic E-state index is 6.06. The lowest BCUT2D eigenvalue weighted by molar-refractivity contribution is 1.40. The average Bonchev–Trinajstić information content (AvgIpc) is 2.39. The highest BCUT2D eigenvalue weighted by atomic mass is 127. The summed E-state index contributed by atoms with van der Waals surface area (Å²) >= 11 is 25.9. The van der Waals surface area contributed by atoms with Crippen LogP contribution in [-0.2, 0) is 0 Å². The Hall–Kier alpha value is -0.0700. The molecule has 2 aromatic carbocycles. The highest BCUT2D eigenvalue weighted by Crippen LogP contribution is 2.33. The molecule has 0 aromatic heterocycles. The Labute approximate surface area is 144 Å². The molecule has 0 aliphatic rings. The van der Waals surface area contributed by atoms with Crippen LogP contribution in [0.2, 0.25) is 20.1 Å². The van der Waals surface area contributed by atoms with Crippen LogP contribution in [-0.4, -0.2) is 0 Å². The first-order chi connectivity index (χ1) is 8.99. The third-order valence-corrected chi connectivity index (χ3v) is 5.28. The molecule has 0 aliphatic carbocycles. The normalized spacial score (nSPS) is 10.4. The maximum atomic E-state index is 6.06. The summed E-state index contributed by atoms with van der Waals surface area (Å²) in [5.74, 6) is 0. The van der Waals surface area contributed by atoms with E-state index in [0.29, 0.717) is 20.1 Å². The van der Waals surface area contributed by atoms with Gasteiger partial charge in [0.15, 0.2) is 0 Å². The molecule has 0 atom stereocenters. The standard InChI is InChI=1S/C12H7Cl4IN2/c13-7-2-1-6(5-9(7)15)18-19-10-4-3-8(14)11(16)12(10)17/h1-5,18-19H. The van der Waals surface area contributed by atoms with E-state index in [1.165, 1.54) is 0 Å². The minimum absolute atomic E-state index is 0.484. The number of halogens is 5. The molecule has 0 saturated heterocycles. The second-order valence-electron chi connectivity index (χ2n) is 3.60. The Morgan fingerprint density at radius 3 is 2.16 bits per heavy atom. The number of anilines is 2. The molecule has 0 radical (unpaired) electrons. The van der Waals surface area contributed by atoms with Gasteiger partial charge >= 0.3 is 0 Å². The van der Waals surface area contributed by atoms with Crippen LogP contribution in [0.25, 0.3) is 0 Å². The molecule has 0 saturated carbocycles. The van der Waals surface area contributed by atoms with E-state index in [1.54, 1.807) is 18.2 Å². The van der Waals surface area contributed by atoms with Crippen molar-refractivity contribution in [3.05, 3.63) is 54.0 Å². The summed E-state index contributed by atoms with van der Waals surface area (Å²) < 4.78 is 0.833. The zero-order valence-corrected chi connectivity index (χ0v) is 14.5. The SMILES string of the molecule is Clc1ccc(NNc2ccc(Cl)c(Cl)c2I)cc1Cl. The van der Waals surface area contributed by atoms with Crippen molar-refractivity contribution in [1.82, 2.24) is 0 Å². The van der Waals surface area contributed by atoms with Gasteiger partial charge in [-0.05, 0) is 52.9 Å². The van der Waals surface area contributed by atoms with E-state index in [4.69, 9.17) is 46.4 Å². The van der Waals surface area contributed by atoms with Crippen LogP contribution < -0.4 is 10.9 Å². The molecular formula is C12H7Cl4IN2. The topological polar surface area (TPSA) is 24.1 Å². The van der Waals surface area contributed by atoms with E-state index in [0.717, 1.165) is 14.9 Å². The molecule has 2 aromatic rings. The number of hydrazine groups is 1. The molecule has 19 heavy (non-hydrogen) atoms. The number of nitrogens with one attached hydrogen (secondary N) is 2. The predicted molar refractivity (Wildman–Crippen MR) is 92.9 cm³/mol.